The molecule has 0 saturated heterocycles. The molecule has 2 heterocycles. The molecule has 0 bridgehead atoms. The molecule has 2 aromatic carbocycles. The Hall–Kier alpha value is -3.12. The van der Waals surface area contributed by atoms with Crippen LogP contribution in [0.4, 0.5) is 11.4 Å². The van der Waals surface area contributed by atoms with E-state index >= 15 is 0 Å². The van der Waals surface area contributed by atoms with Crippen LogP contribution in [0.25, 0.3) is 16.8 Å². The average Bonchev–Trinajstić information content (AvgIpc) is 3.34. The smallest absolute Gasteiger partial charge is 0.139 e. The Bertz CT molecular complexity index is 1080. The van der Waals surface area contributed by atoms with Gasteiger partial charge in [0.25, 0.3) is 0 Å². The maximum atomic E-state index is 10.6. The highest BCUT2D eigenvalue weighted by Crippen LogP contribution is 2.35. The molecule has 1 aliphatic heterocycles. The first-order valence-electron chi connectivity index (χ1n) is 10.2. The van der Waals surface area contributed by atoms with E-state index < -0.39 is 0 Å². The van der Waals surface area contributed by atoms with Gasteiger partial charge in [-0.25, -0.2) is 4.98 Å². The molecular weight excluding hydrogens is 392 g/mol. The number of hydrogen-bond acceptors (Lipinski definition) is 5. The van der Waals surface area contributed by atoms with E-state index in [1.54, 1.807) is 0 Å². The standard InChI is InChI=1S/C24H26N4OS/c1-4-27(5-2)18-10-12-19(13-11-18)28-14-21(29)22(23(28)25)24-26-20(15-30-24)17-8-6-16(3)7-9-17/h6-13,15,25,29H,4-5,14H2,1-3H3. The normalized spacial score (nSPS) is 14.0. The quantitative estimate of drug-likeness (QED) is 0.536. The van der Waals surface area contributed by atoms with Crippen LogP contribution in [0.1, 0.15) is 24.4 Å². The number of anilines is 2. The van der Waals surface area contributed by atoms with Gasteiger partial charge in [0.15, 0.2) is 0 Å². The van der Waals surface area contributed by atoms with Crippen molar-refractivity contribution in [2.24, 2.45) is 0 Å². The Labute approximate surface area is 181 Å². The van der Waals surface area contributed by atoms with Gasteiger partial charge in [-0.3, -0.25) is 5.41 Å². The Balaban J connectivity index is 1.56. The van der Waals surface area contributed by atoms with Gasteiger partial charge in [-0.15, -0.1) is 11.3 Å². The second kappa shape index (κ2) is 8.32. The fourth-order valence-corrected chi connectivity index (χ4v) is 4.60. The predicted molar refractivity (Wildman–Crippen MR) is 127 cm³/mol. The van der Waals surface area contributed by atoms with Gasteiger partial charge >= 0.3 is 0 Å². The van der Waals surface area contributed by atoms with Crippen molar-refractivity contribution in [3.63, 3.8) is 0 Å². The molecule has 0 saturated carbocycles. The van der Waals surface area contributed by atoms with Gasteiger partial charge in [0.05, 0.1) is 17.8 Å². The second-order valence-corrected chi connectivity index (χ2v) is 8.21. The summed E-state index contributed by atoms with van der Waals surface area (Å²) in [5.74, 6) is 0.477. The number of benzene rings is 2. The van der Waals surface area contributed by atoms with E-state index in [4.69, 9.17) is 10.4 Å². The minimum absolute atomic E-state index is 0.192. The maximum absolute atomic E-state index is 10.6. The number of aryl methyl sites for hydroxylation is 1. The summed E-state index contributed by atoms with van der Waals surface area (Å²) in [6, 6.07) is 16.4. The van der Waals surface area contributed by atoms with E-state index in [-0.39, 0.29) is 18.1 Å². The van der Waals surface area contributed by atoms with E-state index in [1.807, 2.05) is 34.5 Å². The topological polar surface area (TPSA) is 63.5 Å². The minimum atomic E-state index is 0.192. The molecule has 0 amide bonds. The molecule has 0 fully saturated rings. The lowest BCUT2D eigenvalue weighted by molar-refractivity contribution is 0.411. The number of amidine groups is 1. The average molecular weight is 419 g/mol. The molecule has 0 unspecified atom stereocenters. The summed E-state index contributed by atoms with van der Waals surface area (Å²) in [5.41, 5.74) is 5.69. The Kier molecular flexibility index (Phi) is 5.59. The van der Waals surface area contributed by atoms with E-state index in [1.165, 1.54) is 16.9 Å². The Morgan fingerprint density at radius 1 is 1.07 bits per heavy atom. The fourth-order valence-electron chi connectivity index (χ4n) is 3.70. The fraction of sp³-hybridized carbons (Fsp3) is 0.250. The maximum Gasteiger partial charge on any atom is 0.139 e. The predicted octanol–water partition coefficient (Wildman–Crippen LogP) is 5.73. The van der Waals surface area contributed by atoms with Crippen LogP contribution in [0, 0.1) is 12.3 Å². The molecule has 4 rings (SSSR count). The van der Waals surface area contributed by atoms with Gasteiger partial charge < -0.3 is 14.9 Å². The summed E-state index contributed by atoms with van der Waals surface area (Å²) in [7, 11) is 0. The summed E-state index contributed by atoms with van der Waals surface area (Å²) in [4.78, 5) is 8.81. The van der Waals surface area contributed by atoms with Crippen LogP contribution < -0.4 is 9.80 Å². The zero-order valence-electron chi connectivity index (χ0n) is 17.5. The first kappa shape index (κ1) is 20.2. The van der Waals surface area contributed by atoms with E-state index in [0.29, 0.717) is 10.6 Å². The molecule has 154 valence electrons. The lowest BCUT2D eigenvalue weighted by Crippen LogP contribution is -2.26. The first-order chi connectivity index (χ1) is 14.5. The highest BCUT2D eigenvalue weighted by Gasteiger charge is 2.31. The summed E-state index contributed by atoms with van der Waals surface area (Å²) in [5, 5.41) is 22.0. The molecular formula is C24H26N4OS. The minimum Gasteiger partial charge on any atom is -0.510 e. The third-order valence-corrected chi connectivity index (χ3v) is 6.32. The Morgan fingerprint density at radius 2 is 1.73 bits per heavy atom. The number of thiazole rings is 1. The lowest BCUT2D eigenvalue weighted by atomic mass is 10.1. The van der Waals surface area contributed by atoms with Crippen LogP contribution in [0.3, 0.4) is 0 Å². The van der Waals surface area contributed by atoms with Crippen molar-refractivity contribution in [2.45, 2.75) is 20.8 Å². The zero-order valence-corrected chi connectivity index (χ0v) is 18.3. The zero-order chi connectivity index (χ0) is 21.3. The van der Waals surface area contributed by atoms with Gasteiger partial charge in [-0.05, 0) is 45.0 Å². The number of rotatable bonds is 6. The SMILES string of the molecule is CCN(CC)c1ccc(N2CC(O)=C(c3nc(-c4ccc(C)cc4)cs3)C2=N)cc1. The highest BCUT2D eigenvalue weighted by atomic mass is 32.1. The number of nitrogens with one attached hydrogen (secondary N) is 1. The molecule has 3 aromatic rings. The van der Waals surface area contributed by atoms with Gasteiger partial charge in [0.2, 0.25) is 0 Å². The van der Waals surface area contributed by atoms with Crippen molar-refractivity contribution < 1.29 is 5.11 Å². The molecule has 0 radical (unpaired) electrons. The van der Waals surface area contributed by atoms with Gasteiger partial charge in [0, 0.05) is 35.4 Å². The highest BCUT2D eigenvalue weighted by molar-refractivity contribution is 7.11. The van der Waals surface area contributed by atoms with E-state index in [0.717, 1.165) is 35.7 Å². The molecule has 6 heteroatoms. The molecule has 0 atom stereocenters. The van der Waals surface area contributed by atoms with Crippen LogP contribution in [0.2, 0.25) is 0 Å². The monoisotopic (exact) mass is 418 g/mol. The summed E-state index contributed by atoms with van der Waals surface area (Å²) >= 11 is 1.46. The Morgan fingerprint density at radius 3 is 2.37 bits per heavy atom. The molecule has 0 spiro atoms. The molecule has 30 heavy (non-hydrogen) atoms. The number of nitrogens with zero attached hydrogens (tertiary/aromatic N) is 3. The largest absolute Gasteiger partial charge is 0.510 e. The van der Waals surface area contributed by atoms with Crippen molar-refractivity contribution in [1.29, 1.82) is 5.41 Å². The molecule has 1 aromatic heterocycles. The van der Waals surface area contributed by atoms with Crippen molar-refractivity contribution >= 4 is 34.1 Å². The number of aliphatic hydroxyl groups is 1. The van der Waals surface area contributed by atoms with E-state index in [2.05, 4.69) is 49.9 Å². The second-order valence-electron chi connectivity index (χ2n) is 7.35. The molecule has 0 aliphatic carbocycles. The summed E-state index contributed by atoms with van der Waals surface area (Å²) in [6.07, 6.45) is 0. The van der Waals surface area contributed by atoms with Crippen LogP contribution in [0.5, 0.6) is 0 Å². The first-order valence-corrected chi connectivity index (χ1v) is 11.1. The molecule has 1 aliphatic rings. The number of aliphatic hydroxyl groups excluding tert-OH is 1. The van der Waals surface area contributed by atoms with E-state index in [9.17, 15) is 5.11 Å². The van der Waals surface area contributed by atoms with Gasteiger partial charge in [-0.2, -0.15) is 0 Å². The summed E-state index contributed by atoms with van der Waals surface area (Å²) < 4.78 is 0. The van der Waals surface area contributed by atoms with Crippen LogP contribution in [0.15, 0.2) is 59.7 Å². The summed E-state index contributed by atoms with van der Waals surface area (Å²) in [6.45, 7) is 8.53. The molecule has 5 nitrogen and oxygen atoms in total. The van der Waals surface area contributed by atoms with Gasteiger partial charge in [0.1, 0.15) is 16.6 Å². The van der Waals surface area contributed by atoms with Crippen LogP contribution >= 0.6 is 11.3 Å². The van der Waals surface area contributed by atoms with Crippen molar-refractivity contribution in [3.05, 3.63) is 70.2 Å². The molecule has 2 N–H and O–H groups in total. The van der Waals surface area contributed by atoms with Gasteiger partial charge in [-0.1, -0.05) is 29.8 Å². The van der Waals surface area contributed by atoms with Crippen LogP contribution in [-0.2, 0) is 0 Å². The third-order valence-electron chi connectivity index (χ3n) is 5.46. The van der Waals surface area contributed by atoms with Crippen molar-refractivity contribution in [1.82, 2.24) is 4.98 Å². The third kappa shape index (κ3) is 3.71. The van der Waals surface area contributed by atoms with Crippen molar-refractivity contribution in [2.75, 3.05) is 29.4 Å². The lowest BCUT2D eigenvalue weighted by Gasteiger charge is -2.23. The van der Waals surface area contributed by atoms with Crippen LogP contribution in [-0.4, -0.2) is 35.6 Å². The van der Waals surface area contributed by atoms with Crippen molar-refractivity contribution in [3.8, 4) is 11.3 Å². The number of aromatic nitrogens is 1. The number of hydrogen-bond donors (Lipinski definition) is 2.